The topological polar surface area (TPSA) is 60.8 Å². The number of rotatable bonds is 5. The van der Waals surface area contributed by atoms with Crippen molar-refractivity contribution in [2.45, 2.75) is 26.3 Å². The molecule has 0 radical (unpaired) electrons. The molecular weight excluding hydrogens is 332 g/mol. The van der Waals surface area contributed by atoms with E-state index in [0.29, 0.717) is 10.7 Å². The molecule has 1 aliphatic heterocycles. The highest BCUT2D eigenvalue weighted by atomic mass is 35.5. The number of pyridine rings is 1. The summed E-state index contributed by atoms with van der Waals surface area (Å²) >= 11 is 6.00. The zero-order valence-corrected chi connectivity index (χ0v) is 15.1. The first kappa shape index (κ1) is 17.2. The molecule has 1 aliphatic rings. The van der Waals surface area contributed by atoms with Crippen LogP contribution in [0.15, 0.2) is 66.1 Å². The van der Waals surface area contributed by atoms with Crippen LogP contribution in [0.4, 0.5) is 5.69 Å². The molecule has 128 valence electrons. The normalized spacial score (nSPS) is 16.8. The Hall–Kier alpha value is -2.59. The van der Waals surface area contributed by atoms with E-state index in [1.54, 1.807) is 13.1 Å². The molecule has 2 heterocycles. The van der Waals surface area contributed by atoms with Crippen LogP contribution in [0.25, 0.3) is 0 Å². The maximum Gasteiger partial charge on any atom is 0.0806 e. The first-order chi connectivity index (χ1) is 12.0. The van der Waals surface area contributed by atoms with Gasteiger partial charge in [-0.3, -0.25) is 4.98 Å². The summed E-state index contributed by atoms with van der Waals surface area (Å²) in [5, 5.41) is 15.8. The van der Waals surface area contributed by atoms with Gasteiger partial charge in [-0.1, -0.05) is 37.2 Å². The Balaban J connectivity index is 2.03. The smallest absolute Gasteiger partial charge is 0.0806 e. The van der Waals surface area contributed by atoms with E-state index in [0.717, 1.165) is 40.3 Å². The van der Waals surface area contributed by atoms with Gasteiger partial charge in [0.1, 0.15) is 0 Å². The number of hydrogen-bond acceptors (Lipinski definition) is 4. The summed E-state index contributed by atoms with van der Waals surface area (Å²) in [5.41, 5.74) is 5.97. The van der Waals surface area contributed by atoms with Crippen molar-refractivity contribution in [2.75, 3.05) is 5.32 Å². The van der Waals surface area contributed by atoms with Gasteiger partial charge in [-0.25, -0.2) is 0 Å². The lowest BCUT2D eigenvalue weighted by molar-refractivity contribution is 0.748. The van der Waals surface area contributed by atoms with E-state index >= 15 is 0 Å². The molecule has 1 aromatic carbocycles. The first-order valence-electron chi connectivity index (χ1n) is 8.23. The van der Waals surface area contributed by atoms with Crippen LogP contribution >= 0.6 is 11.6 Å². The molecule has 0 amide bonds. The van der Waals surface area contributed by atoms with Crippen molar-refractivity contribution >= 4 is 23.0 Å². The third kappa shape index (κ3) is 3.44. The lowest BCUT2D eigenvalue weighted by Gasteiger charge is -2.16. The molecular formula is C20H21ClN4. The number of aryl methyl sites for hydroxylation is 1. The monoisotopic (exact) mass is 352 g/mol. The molecule has 0 spiro atoms. The molecule has 0 saturated heterocycles. The average molecular weight is 353 g/mol. The predicted octanol–water partition coefficient (Wildman–Crippen LogP) is 4.86. The predicted molar refractivity (Wildman–Crippen MR) is 104 cm³/mol. The van der Waals surface area contributed by atoms with Crippen molar-refractivity contribution in [1.29, 1.82) is 5.41 Å². The van der Waals surface area contributed by atoms with Crippen LogP contribution in [0.3, 0.4) is 0 Å². The van der Waals surface area contributed by atoms with Gasteiger partial charge < -0.3 is 16.0 Å². The minimum Gasteiger partial charge on any atom is -0.373 e. The molecule has 5 heteroatoms. The Morgan fingerprint density at radius 1 is 1.32 bits per heavy atom. The van der Waals surface area contributed by atoms with Crippen LogP contribution in [0.5, 0.6) is 0 Å². The van der Waals surface area contributed by atoms with Gasteiger partial charge >= 0.3 is 0 Å². The fraction of sp³-hybridized carbons (Fsp3) is 0.200. The van der Waals surface area contributed by atoms with Crippen LogP contribution in [-0.2, 0) is 6.42 Å². The molecule has 4 nitrogen and oxygen atoms in total. The molecule has 0 bridgehead atoms. The van der Waals surface area contributed by atoms with Gasteiger partial charge in [0.25, 0.3) is 0 Å². The molecule has 1 atom stereocenters. The van der Waals surface area contributed by atoms with Crippen molar-refractivity contribution in [1.82, 2.24) is 10.3 Å². The molecule has 25 heavy (non-hydrogen) atoms. The fourth-order valence-electron chi connectivity index (χ4n) is 3.05. The minimum absolute atomic E-state index is 0.119. The summed E-state index contributed by atoms with van der Waals surface area (Å²) < 4.78 is 0. The third-order valence-electron chi connectivity index (χ3n) is 4.27. The second-order valence-corrected chi connectivity index (χ2v) is 6.43. The van der Waals surface area contributed by atoms with Crippen LogP contribution in [0.1, 0.15) is 31.1 Å². The molecule has 1 unspecified atom stereocenters. The summed E-state index contributed by atoms with van der Waals surface area (Å²) in [6, 6.07) is 11.5. The summed E-state index contributed by atoms with van der Waals surface area (Å²) in [6.07, 6.45) is 2.62. The molecule has 1 aromatic heterocycles. The Morgan fingerprint density at radius 3 is 2.68 bits per heavy atom. The van der Waals surface area contributed by atoms with Crippen molar-refractivity contribution in [2.24, 2.45) is 0 Å². The van der Waals surface area contributed by atoms with E-state index in [2.05, 4.69) is 29.1 Å². The van der Waals surface area contributed by atoms with Crippen molar-refractivity contribution < 1.29 is 0 Å². The number of aromatic nitrogens is 1. The van der Waals surface area contributed by atoms with Crippen LogP contribution < -0.4 is 10.6 Å². The highest BCUT2D eigenvalue weighted by Crippen LogP contribution is 2.36. The maximum absolute atomic E-state index is 8.28. The van der Waals surface area contributed by atoms with Crippen molar-refractivity contribution in [3.05, 3.63) is 82.4 Å². The molecule has 3 rings (SSSR count). The van der Waals surface area contributed by atoms with Gasteiger partial charge in [0.15, 0.2) is 0 Å². The minimum atomic E-state index is -0.119. The first-order valence-corrected chi connectivity index (χ1v) is 8.61. The second-order valence-electron chi connectivity index (χ2n) is 6.00. The van der Waals surface area contributed by atoms with Gasteiger partial charge in [0, 0.05) is 22.5 Å². The number of hydrogen-bond donors (Lipinski definition) is 3. The zero-order valence-electron chi connectivity index (χ0n) is 14.4. The number of anilines is 1. The van der Waals surface area contributed by atoms with Gasteiger partial charge in [-0.2, -0.15) is 0 Å². The Morgan fingerprint density at radius 2 is 2.04 bits per heavy atom. The Kier molecular flexibility index (Phi) is 4.91. The maximum atomic E-state index is 8.28. The SMILES string of the molecule is C=C1NC(c2ccc(Cl)cc2)C(C(C)=N)=C1Nc1cccnc1CC. The Bertz CT molecular complexity index is 852. The average Bonchev–Trinajstić information content (AvgIpc) is 2.93. The van der Waals surface area contributed by atoms with E-state index in [1.807, 2.05) is 36.4 Å². The molecule has 0 saturated carbocycles. The van der Waals surface area contributed by atoms with E-state index in [9.17, 15) is 0 Å². The van der Waals surface area contributed by atoms with Crippen LogP contribution in [0.2, 0.25) is 5.02 Å². The lowest BCUT2D eigenvalue weighted by Crippen LogP contribution is -2.17. The number of benzene rings is 1. The molecule has 0 aliphatic carbocycles. The highest BCUT2D eigenvalue weighted by Gasteiger charge is 2.30. The standard InChI is InChI=1S/C20H21ClN4/c1-4-16-17(6-5-11-23-16)25-19-13(3)24-20(18(19)12(2)22)14-7-9-15(21)10-8-14/h5-11,20,22,24-25H,3-4H2,1-2H3. The van der Waals surface area contributed by atoms with E-state index in [4.69, 9.17) is 17.0 Å². The second kappa shape index (κ2) is 7.11. The quantitative estimate of drug-likeness (QED) is 0.673. The van der Waals surface area contributed by atoms with Crippen LogP contribution in [0, 0.1) is 5.41 Å². The molecule has 3 N–H and O–H groups in total. The largest absolute Gasteiger partial charge is 0.373 e. The summed E-state index contributed by atoms with van der Waals surface area (Å²) in [7, 11) is 0. The van der Waals surface area contributed by atoms with E-state index < -0.39 is 0 Å². The van der Waals surface area contributed by atoms with Crippen molar-refractivity contribution in [3.63, 3.8) is 0 Å². The van der Waals surface area contributed by atoms with Gasteiger partial charge in [0.2, 0.25) is 0 Å². The number of halogens is 1. The van der Waals surface area contributed by atoms with Gasteiger partial charge in [-0.15, -0.1) is 0 Å². The fourth-order valence-corrected chi connectivity index (χ4v) is 3.17. The zero-order chi connectivity index (χ0) is 18.0. The van der Waals surface area contributed by atoms with Crippen LogP contribution in [-0.4, -0.2) is 10.7 Å². The highest BCUT2D eigenvalue weighted by molar-refractivity contribution is 6.30. The van der Waals surface area contributed by atoms with Crippen molar-refractivity contribution in [3.8, 4) is 0 Å². The van der Waals surface area contributed by atoms with E-state index in [-0.39, 0.29) is 6.04 Å². The van der Waals surface area contributed by atoms with Gasteiger partial charge in [0.05, 0.1) is 28.8 Å². The number of nitrogens with one attached hydrogen (secondary N) is 3. The lowest BCUT2D eigenvalue weighted by atomic mass is 9.96. The van der Waals surface area contributed by atoms with E-state index in [1.165, 1.54) is 0 Å². The van der Waals surface area contributed by atoms with Gasteiger partial charge in [-0.05, 0) is 43.2 Å². The molecule has 2 aromatic rings. The number of nitrogens with zero attached hydrogens (tertiary/aromatic N) is 1. The summed E-state index contributed by atoms with van der Waals surface area (Å²) in [6.45, 7) is 8.01. The summed E-state index contributed by atoms with van der Waals surface area (Å²) in [5.74, 6) is 0. The summed E-state index contributed by atoms with van der Waals surface area (Å²) in [4.78, 5) is 4.42. The molecule has 0 fully saturated rings. The Labute approximate surface area is 153 Å². The third-order valence-corrected chi connectivity index (χ3v) is 4.52.